The normalized spacial score (nSPS) is 11.0. The average molecular weight is 438 g/mol. The van der Waals surface area contributed by atoms with Crippen molar-refractivity contribution in [2.24, 2.45) is 0 Å². The number of ketones is 1. The van der Waals surface area contributed by atoms with Crippen molar-refractivity contribution in [2.45, 2.75) is 33.6 Å². The molecule has 0 spiro atoms. The van der Waals surface area contributed by atoms with E-state index in [1.165, 1.54) is 6.08 Å². The van der Waals surface area contributed by atoms with Crippen LogP contribution in [0.15, 0.2) is 60.8 Å². The highest BCUT2D eigenvalue weighted by Gasteiger charge is 2.06. The SMILES string of the molecule is CCCCOc1ccc(C(=O)/C=C/Nc2ccc(C(=O)NCCN(CC)CC)cc2)cc1. The first-order chi connectivity index (χ1) is 15.6. The molecule has 0 radical (unpaired) electrons. The van der Waals surface area contributed by atoms with Gasteiger partial charge in [-0.3, -0.25) is 9.59 Å². The Kier molecular flexibility index (Phi) is 11.0. The number of allylic oxidation sites excluding steroid dienone is 1. The summed E-state index contributed by atoms with van der Waals surface area (Å²) in [7, 11) is 0. The van der Waals surface area contributed by atoms with Gasteiger partial charge in [0.05, 0.1) is 6.61 Å². The molecule has 0 fully saturated rings. The van der Waals surface area contributed by atoms with Crippen molar-refractivity contribution in [1.29, 1.82) is 0 Å². The van der Waals surface area contributed by atoms with Crippen LogP contribution in [0.5, 0.6) is 5.75 Å². The fraction of sp³-hybridized carbons (Fsp3) is 0.385. The lowest BCUT2D eigenvalue weighted by Crippen LogP contribution is -2.34. The number of unbranched alkanes of at least 4 members (excludes halogenated alkanes) is 1. The van der Waals surface area contributed by atoms with Gasteiger partial charge in [0.15, 0.2) is 5.78 Å². The van der Waals surface area contributed by atoms with Crippen molar-refractivity contribution >= 4 is 17.4 Å². The van der Waals surface area contributed by atoms with Crippen LogP contribution in [0.25, 0.3) is 0 Å². The lowest BCUT2D eigenvalue weighted by atomic mass is 10.1. The molecule has 2 N–H and O–H groups in total. The van der Waals surface area contributed by atoms with Gasteiger partial charge in [-0.15, -0.1) is 0 Å². The zero-order chi connectivity index (χ0) is 23.2. The average Bonchev–Trinajstić information content (AvgIpc) is 2.82. The van der Waals surface area contributed by atoms with Crippen LogP contribution in [0.3, 0.4) is 0 Å². The van der Waals surface area contributed by atoms with Gasteiger partial charge in [-0.25, -0.2) is 0 Å². The molecule has 0 atom stereocenters. The van der Waals surface area contributed by atoms with Gasteiger partial charge >= 0.3 is 0 Å². The number of anilines is 1. The Bertz CT molecular complexity index is 857. The Hall–Kier alpha value is -3.12. The third-order valence-electron chi connectivity index (χ3n) is 5.15. The summed E-state index contributed by atoms with van der Waals surface area (Å²) < 4.78 is 5.62. The standard InChI is InChI=1S/C26H35N3O3/c1-4-7-20-32-24-14-10-21(11-15-24)25(30)16-17-27-23-12-8-22(9-13-23)26(31)28-18-19-29(5-2)6-3/h8-17,27H,4-7,18-20H2,1-3H3,(H,28,31)/b17-16+. The summed E-state index contributed by atoms with van der Waals surface area (Å²) in [4.78, 5) is 26.8. The zero-order valence-electron chi connectivity index (χ0n) is 19.4. The first-order valence-electron chi connectivity index (χ1n) is 11.4. The first kappa shape index (κ1) is 25.1. The van der Waals surface area contributed by atoms with Gasteiger partial charge in [0.2, 0.25) is 0 Å². The number of amides is 1. The summed E-state index contributed by atoms with van der Waals surface area (Å²) >= 11 is 0. The molecule has 0 aromatic heterocycles. The molecule has 0 saturated carbocycles. The summed E-state index contributed by atoms with van der Waals surface area (Å²) in [6, 6.07) is 14.3. The predicted molar refractivity (Wildman–Crippen MR) is 131 cm³/mol. The van der Waals surface area contributed by atoms with Gasteiger partial charge < -0.3 is 20.3 Å². The molecule has 32 heavy (non-hydrogen) atoms. The van der Waals surface area contributed by atoms with Crippen molar-refractivity contribution in [3.05, 3.63) is 71.9 Å². The maximum absolute atomic E-state index is 12.3. The summed E-state index contributed by atoms with van der Waals surface area (Å²) in [6.07, 6.45) is 5.19. The Morgan fingerprint density at radius 2 is 1.59 bits per heavy atom. The summed E-state index contributed by atoms with van der Waals surface area (Å²) in [6.45, 7) is 10.4. The second kappa shape index (κ2) is 14.0. The van der Waals surface area contributed by atoms with E-state index in [-0.39, 0.29) is 11.7 Å². The van der Waals surface area contributed by atoms with Crippen molar-refractivity contribution in [3.63, 3.8) is 0 Å². The van der Waals surface area contributed by atoms with E-state index in [1.54, 1.807) is 30.5 Å². The number of likely N-dealkylation sites (N-methyl/N-ethyl adjacent to an activating group) is 1. The van der Waals surface area contributed by atoms with E-state index in [0.717, 1.165) is 43.9 Å². The van der Waals surface area contributed by atoms with Crippen LogP contribution >= 0.6 is 0 Å². The van der Waals surface area contributed by atoms with Crippen molar-refractivity contribution in [2.75, 3.05) is 38.1 Å². The molecule has 0 bridgehead atoms. The molecular weight excluding hydrogens is 402 g/mol. The highest BCUT2D eigenvalue weighted by atomic mass is 16.5. The van der Waals surface area contributed by atoms with Gasteiger partial charge in [-0.1, -0.05) is 27.2 Å². The zero-order valence-corrected chi connectivity index (χ0v) is 19.4. The molecule has 6 nitrogen and oxygen atoms in total. The third kappa shape index (κ3) is 8.55. The van der Waals surface area contributed by atoms with Crippen molar-refractivity contribution in [1.82, 2.24) is 10.2 Å². The topological polar surface area (TPSA) is 70.7 Å². The van der Waals surface area contributed by atoms with Crippen LogP contribution in [0.2, 0.25) is 0 Å². The Morgan fingerprint density at radius 1 is 0.938 bits per heavy atom. The molecule has 0 saturated heterocycles. The van der Waals surface area contributed by atoms with E-state index < -0.39 is 0 Å². The van der Waals surface area contributed by atoms with Crippen molar-refractivity contribution < 1.29 is 14.3 Å². The number of nitrogens with zero attached hydrogens (tertiary/aromatic N) is 1. The maximum Gasteiger partial charge on any atom is 0.251 e. The molecule has 2 aromatic rings. The van der Waals surface area contributed by atoms with E-state index in [4.69, 9.17) is 4.74 Å². The molecule has 2 aromatic carbocycles. The van der Waals surface area contributed by atoms with Gasteiger partial charge in [0.1, 0.15) is 5.75 Å². The number of nitrogens with one attached hydrogen (secondary N) is 2. The number of benzene rings is 2. The highest BCUT2D eigenvalue weighted by Crippen LogP contribution is 2.14. The molecule has 0 aliphatic carbocycles. The van der Waals surface area contributed by atoms with E-state index in [2.05, 4.69) is 36.3 Å². The minimum atomic E-state index is -0.0955. The molecule has 0 aliphatic rings. The number of carbonyl (C=O) groups is 2. The number of hydrogen-bond acceptors (Lipinski definition) is 5. The first-order valence-corrected chi connectivity index (χ1v) is 11.4. The lowest BCUT2D eigenvalue weighted by molar-refractivity contribution is 0.0948. The maximum atomic E-state index is 12.3. The van der Waals surface area contributed by atoms with Crippen LogP contribution < -0.4 is 15.4 Å². The molecule has 1 amide bonds. The molecule has 0 aliphatic heterocycles. The van der Waals surface area contributed by atoms with Crippen LogP contribution in [-0.2, 0) is 0 Å². The van der Waals surface area contributed by atoms with Crippen LogP contribution in [-0.4, -0.2) is 49.4 Å². The minimum absolute atomic E-state index is 0.0865. The predicted octanol–water partition coefficient (Wildman–Crippen LogP) is 4.75. The number of rotatable bonds is 14. The molecular formula is C26H35N3O3. The van der Waals surface area contributed by atoms with Gasteiger partial charge in [0.25, 0.3) is 5.91 Å². The minimum Gasteiger partial charge on any atom is -0.494 e. The Morgan fingerprint density at radius 3 is 2.22 bits per heavy atom. The number of ether oxygens (including phenoxy) is 1. The second-order valence-corrected chi connectivity index (χ2v) is 7.43. The van der Waals surface area contributed by atoms with Crippen LogP contribution in [0.4, 0.5) is 5.69 Å². The molecule has 172 valence electrons. The van der Waals surface area contributed by atoms with E-state index >= 15 is 0 Å². The molecule has 0 heterocycles. The third-order valence-corrected chi connectivity index (χ3v) is 5.15. The molecule has 6 heteroatoms. The monoisotopic (exact) mass is 437 g/mol. The van der Waals surface area contributed by atoms with E-state index in [9.17, 15) is 9.59 Å². The molecule has 2 rings (SSSR count). The lowest BCUT2D eigenvalue weighted by Gasteiger charge is -2.17. The second-order valence-electron chi connectivity index (χ2n) is 7.43. The van der Waals surface area contributed by atoms with Crippen LogP contribution in [0, 0.1) is 0 Å². The summed E-state index contributed by atoms with van der Waals surface area (Å²) in [5.41, 5.74) is 2.01. The number of hydrogen-bond donors (Lipinski definition) is 2. The molecule has 0 unspecified atom stereocenters. The largest absolute Gasteiger partial charge is 0.494 e. The fourth-order valence-electron chi connectivity index (χ4n) is 3.05. The highest BCUT2D eigenvalue weighted by molar-refractivity contribution is 6.04. The smallest absolute Gasteiger partial charge is 0.251 e. The Balaban J connectivity index is 1.79. The summed E-state index contributed by atoms with van der Waals surface area (Å²) in [5.74, 6) is 0.590. The van der Waals surface area contributed by atoms with Crippen molar-refractivity contribution in [3.8, 4) is 5.75 Å². The van der Waals surface area contributed by atoms with Gasteiger partial charge in [-0.05, 0) is 68.0 Å². The van der Waals surface area contributed by atoms with Gasteiger partial charge in [0, 0.05) is 42.2 Å². The van der Waals surface area contributed by atoms with E-state index in [1.807, 2.05) is 24.3 Å². The summed E-state index contributed by atoms with van der Waals surface area (Å²) in [5, 5.41) is 6.01. The quantitative estimate of drug-likeness (QED) is 0.254. The fourth-order valence-corrected chi connectivity index (χ4v) is 3.05. The van der Waals surface area contributed by atoms with Gasteiger partial charge in [-0.2, -0.15) is 0 Å². The Labute approximate surface area is 191 Å². The van der Waals surface area contributed by atoms with E-state index in [0.29, 0.717) is 24.3 Å². The number of carbonyl (C=O) groups excluding carboxylic acids is 2. The van der Waals surface area contributed by atoms with Crippen LogP contribution in [0.1, 0.15) is 54.3 Å².